The third-order valence-electron chi connectivity index (χ3n) is 2.09. The third-order valence-corrected chi connectivity index (χ3v) is 2.91. The van der Waals surface area contributed by atoms with Crippen LogP contribution in [0.25, 0.3) is 11.4 Å². The monoisotopic (exact) mass is 268 g/mol. The highest BCUT2D eigenvalue weighted by atomic mass is 35.5. The highest BCUT2D eigenvalue weighted by molar-refractivity contribution is 6.43. The summed E-state index contributed by atoms with van der Waals surface area (Å²) in [5.41, 5.74) is 0.586. The number of carboxylic acids is 1. The Hall–Kier alpha value is -1.65. The smallest absolute Gasteiger partial charge is 0.338 e. The maximum Gasteiger partial charge on any atom is 0.338 e. The predicted octanol–water partition coefficient (Wildman–Crippen LogP) is 3.15. The largest absolute Gasteiger partial charge is 0.478 e. The number of carboxylic acid groups (broad SMARTS) is 1. The van der Waals surface area contributed by atoms with E-state index < -0.39 is 5.97 Å². The molecular weight excluding hydrogens is 263 g/mol. The number of nitrogens with zero attached hydrogens (tertiary/aromatic N) is 2. The quantitative estimate of drug-likeness (QED) is 0.909. The summed E-state index contributed by atoms with van der Waals surface area (Å²) in [4.78, 5) is 18.5. The first kappa shape index (κ1) is 11.8. The van der Waals surface area contributed by atoms with Crippen LogP contribution in [0.5, 0.6) is 0 Å². The van der Waals surface area contributed by atoms with Gasteiger partial charge in [-0.2, -0.15) is 0 Å². The van der Waals surface area contributed by atoms with Gasteiger partial charge in [0.1, 0.15) is 0 Å². The molecule has 0 fully saturated rings. The summed E-state index contributed by atoms with van der Waals surface area (Å²) in [5.74, 6) is -0.740. The lowest BCUT2D eigenvalue weighted by Crippen LogP contribution is -1.99. The highest BCUT2D eigenvalue weighted by Gasteiger charge is 2.10. The van der Waals surface area contributed by atoms with Crippen molar-refractivity contribution in [2.75, 3.05) is 0 Å². The second kappa shape index (κ2) is 4.69. The van der Waals surface area contributed by atoms with Crippen molar-refractivity contribution in [1.29, 1.82) is 0 Å². The van der Waals surface area contributed by atoms with Crippen LogP contribution in [0.1, 0.15) is 10.4 Å². The molecule has 0 saturated carbocycles. The third kappa shape index (κ3) is 2.38. The van der Waals surface area contributed by atoms with E-state index in [1.165, 1.54) is 12.4 Å². The first-order chi connectivity index (χ1) is 8.09. The molecule has 0 radical (unpaired) electrons. The van der Waals surface area contributed by atoms with Crippen LogP contribution in [0.2, 0.25) is 10.0 Å². The number of benzene rings is 1. The molecule has 4 nitrogen and oxygen atoms in total. The molecule has 0 aliphatic heterocycles. The lowest BCUT2D eigenvalue weighted by molar-refractivity contribution is 0.0696. The van der Waals surface area contributed by atoms with Crippen molar-refractivity contribution in [1.82, 2.24) is 9.97 Å². The first-order valence-electron chi connectivity index (χ1n) is 4.59. The number of rotatable bonds is 2. The maximum atomic E-state index is 10.6. The van der Waals surface area contributed by atoms with Crippen LogP contribution < -0.4 is 0 Å². The van der Waals surface area contributed by atoms with E-state index in [1.54, 1.807) is 18.2 Å². The van der Waals surface area contributed by atoms with Gasteiger partial charge in [0, 0.05) is 18.0 Å². The van der Waals surface area contributed by atoms with Gasteiger partial charge < -0.3 is 5.11 Å². The minimum atomic E-state index is -1.08. The molecule has 1 heterocycles. The maximum absolute atomic E-state index is 10.6. The Labute approximate surface area is 107 Å². The minimum Gasteiger partial charge on any atom is -0.478 e. The van der Waals surface area contributed by atoms with E-state index in [4.69, 9.17) is 28.3 Å². The molecular formula is C11H6Cl2N2O2. The molecule has 0 aliphatic rings. The van der Waals surface area contributed by atoms with Gasteiger partial charge in [-0.25, -0.2) is 14.8 Å². The van der Waals surface area contributed by atoms with Gasteiger partial charge >= 0.3 is 5.97 Å². The number of halogens is 2. The molecule has 0 aliphatic carbocycles. The summed E-state index contributed by atoms with van der Waals surface area (Å²) < 4.78 is 0. The molecule has 0 spiro atoms. The summed E-state index contributed by atoms with van der Waals surface area (Å²) in [5, 5.41) is 9.46. The van der Waals surface area contributed by atoms with Gasteiger partial charge in [0.2, 0.25) is 0 Å². The van der Waals surface area contributed by atoms with E-state index in [1.807, 2.05) is 0 Å². The molecule has 17 heavy (non-hydrogen) atoms. The Balaban J connectivity index is 2.47. The average Bonchev–Trinajstić information content (AvgIpc) is 2.33. The van der Waals surface area contributed by atoms with Crippen molar-refractivity contribution in [3.8, 4) is 11.4 Å². The standard InChI is InChI=1S/C11H6Cl2N2O2/c12-8-3-1-2-7(9(8)13)10-14-4-6(5-15-10)11(16)17/h1-5H,(H,16,17). The van der Waals surface area contributed by atoms with E-state index in [0.717, 1.165) is 0 Å². The summed E-state index contributed by atoms with van der Waals surface area (Å²) in [6, 6.07) is 5.08. The van der Waals surface area contributed by atoms with Crippen LogP contribution in [-0.4, -0.2) is 21.0 Å². The van der Waals surface area contributed by atoms with Gasteiger partial charge in [0.25, 0.3) is 0 Å². The fraction of sp³-hybridized carbons (Fsp3) is 0. The normalized spacial score (nSPS) is 10.2. The number of aromatic nitrogens is 2. The molecule has 86 valence electrons. The van der Waals surface area contributed by atoms with Gasteiger partial charge in [0.05, 0.1) is 15.6 Å². The van der Waals surface area contributed by atoms with E-state index in [2.05, 4.69) is 9.97 Å². The minimum absolute atomic E-state index is 0.0203. The van der Waals surface area contributed by atoms with E-state index >= 15 is 0 Å². The van der Waals surface area contributed by atoms with Crippen LogP contribution in [0.4, 0.5) is 0 Å². The predicted molar refractivity (Wildman–Crippen MR) is 64.4 cm³/mol. The Morgan fingerprint density at radius 1 is 1.18 bits per heavy atom. The SMILES string of the molecule is O=C(O)c1cnc(-c2cccc(Cl)c2Cl)nc1. The van der Waals surface area contributed by atoms with E-state index in [9.17, 15) is 4.79 Å². The van der Waals surface area contributed by atoms with Crippen LogP contribution in [-0.2, 0) is 0 Å². The second-order valence-corrected chi connectivity index (χ2v) is 3.99. The fourth-order valence-corrected chi connectivity index (χ4v) is 1.64. The number of aromatic carboxylic acids is 1. The molecule has 0 unspecified atom stereocenters. The van der Waals surface area contributed by atoms with E-state index in [0.29, 0.717) is 21.4 Å². The zero-order valence-corrected chi connectivity index (χ0v) is 9.90. The van der Waals surface area contributed by atoms with E-state index in [-0.39, 0.29) is 5.56 Å². The lowest BCUT2D eigenvalue weighted by Gasteiger charge is -2.04. The van der Waals surface area contributed by atoms with Crippen molar-refractivity contribution < 1.29 is 9.90 Å². The average molecular weight is 269 g/mol. The topological polar surface area (TPSA) is 63.1 Å². The molecule has 1 N–H and O–H groups in total. The molecule has 6 heteroatoms. The lowest BCUT2D eigenvalue weighted by atomic mass is 10.2. The highest BCUT2D eigenvalue weighted by Crippen LogP contribution is 2.31. The fourth-order valence-electron chi connectivity index (χ4n) is 1.25. The molecule has 0 bridgehead atoms. The van der Waals surface area contributed by atoms with Gasteiger partial charge in [-0.3, -0.25) is 0 Å². The molecule has 2 aromatic rings. The summed E-state index contributed by atoms with van der Waals surface area (Å²) in [6.45, 7) is 0. The Kier molecular flexibility index (Phi) is 3.26. The number of hydrogen-bond donors (Lipinski definition) is 1. The zero-order chi connectivity index (χ0) is 12.4. The zero-order valence-electron chi connectivity index (χ0n) is 8.39. The van der Waals surface area contributed by atoms with Crippen LogP contribution in [0, 0.1) is 0 Å². The molecule has 0 atom stereocenters. The molecule has 2 rings (SSSR count). The van der Waals surface area contributed by atoms with Crippen molar-refractivity contribution in [2.45, 2.75) is 0 Å². The molecule has 0 amide bonds. The molecule has 1 aromatic carbocycles. The van der Waals surface area contributed by atoms with Crippen LogP contribution >= 0.6 is 23.2 Å². The molecule has 0 saturated heterocycles. The Bertz CT molecular complexity index is 570. The summed E-state index contributed by atoms with van der Waals surface area (Å²) in [7, 11) is 0. The van der Waals surface area contributed by atoms with Crippen molar-refractivity contribution >= 4 is 29.2 Å². The van der Waals surface area contributed by atoms with Crippen LogP contribution in [0.15, 0.2) is 30.6 Å². The van der Waals surface area contributed by atoms with Crippen molar-refractivity contribution in [2.24, 2.45) is 0 Å². The van der Waals surface area contributed by atoms with Gasteiger partial charge in [0.15, 0.2) is 5.82 Å². The number of carbonyl (C=O) groups is 1. The Morgan fingerprint density at radius 2 is 1.82 bits per heavy atom. The second-order valence-electron chi connectivity index (χ2n) is 3.20. The van der Waals surface area contributed by atoms with Gasteiger partial charge in [-0.15, -0.1) is 0 Å². The van der Waals surface area contributed by atoms with Crippen molar-refractivity contribution in [3.63, 3.8) is 0 Å². The van der Waals surface area contributed by atoms with Crippen LogP contribution in [0.3, 0.4) is 0 Å². The van der Waals surface area contributed by atoms with Gasteiger partial charge in [-0.1, -0.05) is 29.3 Å². The summed E-state index contributed by atoms with van der Waals surface area (Å²) >= 11 is 11.9. The van der Waals surface area contributed by atoms with Gasteiger partial charge in [-0.05, 0) is 12.1 Å². The molecule has 1 aromatic heterocycles. The first-order valence-corrected chi connectivity index (χ1v) is 5.35. The summed E-state index contributed by atoms with van der Waals surface area (Å²) in [6.07, 6.45) is 2.45. The Morgan fingerprint density at radius 3 is 2.41 bits per heavy atom. The number of hydrogen-bond acceptors (Lipinski definition) is 3. The van der Waals surface area contributed by atoms with Crippen molar-refractivity contribution in [3.05, 3.63) is 46.2 Å².